The van der Waals surface area contributed by atoms with Crippen LogP contribution in [0.1, 0.15) is 18.9 Å². The zero-order valence-electron chi connectivity index (χ0n) is 10.9. The van der Waals surface area contributed by atoms with Crippen LogP contribution in [0.5, 0.6) is 0 Å². The van der Waals surface area contributed by atoms with Gasteiger partial charge < -0.3 is 0 Å². The maximum absolute atomic E-state index is 12.4. The van der Waals surface area contributed by atoms with Crippen molar-refractivity contribution in [1.82, 2.24) is 19.1 Å². The Labute approximate surface area is 121 Å². The first-order valence-corrected chi connectivity index (χ1v) is 8.48. The maximum atomic E-state index is 12.4. The van der Waals surface area contributed by atoms with E-state index >= 15 is 0 Å². The smallest absolute Gasteiger partial charge is 0.299 e. The van der Waals surface area contributed by atoms with Crippen molar-refractivity contribution in [1.29, 1.82) is 0 Å². The maximum Gasteiger partial charge on any atom is 0.330 e. The van der Waals surface area contributed by atoms with Crippen LogP contribution in [0.25, 0.3) is 11.2 Å². The Balaban J connectivity index is 2.10. The summed E-state index contributed by atoms with van der Waals surface area (Å²) in [7, 11) is -0.811. The van der Waals surface area contributed by atoms with Crippen molar-refractivity contribution < 1.29 is 9.11 Å². The van der Waals surface area contributed by atoms with Gasteiger partial charge in [-0.15, -0.1) is 0 Å². The standard InChI is InChI=1S/C11H15ClN4O3S/c1-15-8-6-13-10(12)14-9(8)16(11(15)17)7-2-4-20(18,19)5-3-7/h6-7,18-19H,2-5H2,1H3. The highest BCUT2D eigenvalue weighted by atomic mass is 35.5. The van der Waals surface area contributed by atoms with Crippen molar-refractivity contribution in [3.8, 4) is 0 Å². The van der Waals surface area contributed by atoms with Gasteiger partial charge in [-0.1, -0.05) is 0 Å². The summed E-state index contributed by atoms with van der Waals surface area (Å²) in [6.45, 7) is 0. The van der Waals surface area contributed by atoms with E-state index in [2.05, 4.69) is 9.97 Å². The molecule has 2 aromatic rings. The molecule has 2 N–H and O–H groups in total. The molecule has 110 valence electrons. The van der Waals surface area contributed by atoms with Crippen LogP contribution in [0.3, 0.4) is 0 Å². The summed E-state index contributed by atoms with van der Waals surface area (Å²) in [6, 6.07) is -0.0860. The first-order valence-electron chi connectivity index (χ1n) is 6.22. The summed E-state index contributed by atoms with van der Waals surface area (Å²) in [5.41, 5.74) is 0.942. The van der Waals surface area contributed by atoms with E-state index in [9.17, 15) is 13.9 Å². The molecule has 9 heteroatoms. The van der Waals surface area contributed by atoms with Gasteiger partial charge in [0.05, 0.1) is 6.20 Å². The fourth-order valence-corrected chi connectivity index (χ4v) is 4.23. The molecule has 0 aromatic carbocycles. The highest BCUT2D eigenvalue weighted by molar-refractivity contribution is 8.24. The van der Waals surface area contributed by atoms with Gasteiger partial charge >= 0.3 is 5.69 Å². The van der Waals surface area contributed by atoms with Crippen LogP contribution in [0.15, 0.2) is 11.0 Å². The van der Waals surface area contributed by atoms with Crippen molar-refractivity contribution >= 4 is 33.4 Å². The van der Waals surface area contributed by atoms with Gasteiger partial charge in [-0.3, -0.25) is 18.2 Å². The van der Waals surface area contributed by atoms with Crippen LogP contribution < -0.4 is 5.69 Å². The normalized spacial score (nSPS) is 21.2. The number of rotatable bonds is 1. The molecule has 7 nitrogen and oxygen atoms in total. The van der Waals surface area contributed by atoms with Crippen LogP contribution in [-0.2, 0) is 7.05 Å². The molecule has 0 saturated carbocycles. The van der Waals surface area contributed by atoms with Crippen molar-refractivity contribution in [2.75, 3.05) is 11.5 Å². The van der Waals surface area contributed by atoms with E-state index in [1.807, 2.05) is 0 Å². The number of hydrogen-bond donors (Lipinski definition) is 2. The summed E-state index contributed by atoms with van der Waals surface area (Å²) in [6.07, 6.45) is 2.62. The van der Waals surface area contributed by atoms with Crippen LogP contribution in [0, 0.1) is 0 Å². The number of fused-ring (bicyclic) bond motifs is 1. The molecule has 0 amide bonds. The van der Waals surface area contributed by atoms with Crippen molar-refractivity contribution in [2.24, 2.45) is 7.05 Å². The van der Waals surface area contributed by atoms with Crippen molar-refractivity contribution in [3.05, 3.63) is 22.0 Å². The highest BCUT2D eigenvalue weighted by Gasteiger charge is 2.28. The molecule has 20 heavy (non-hydrogen) atoms. The molecule has 0 radical (unpaired) electrons. The van der Waals surface area contributed by atoms with Gasteiger partial charge in [0.25, 0.3) is 0 Å². The molecule has 1 saturated heterocycles. The minimum atomic E-state index is -2.47. The Morgan fingerprint density at radius 1 is 1.40 bits per heavy atom. The van der Waals surface area contributed by atoms with Crippen LogP contribution in [0.4, 0.5) is 0 Å². The first kappa shape index (κ1) is 13.9. The minimum Gasteiger partial charge on any atom is -0.299 e. The van der Waals surface area contributed by atoms with Crippen LogP contribution in [0.2, 0.25) is 5.28 Å². The second-order valence-electron chi connectivity index (χ2n) is 5.00. The summed E-state index contributed by atoms with van der Waals surface area (Å²) in [5.74, 6) is 0.638. The molecule has 0 atom stereocenters. The van der Waals surface area contributed by atoms with Gasteiger partial charge in [0.2, 0.25) is 5.28 Å². The predicted molar refractivity (Wildman–Crippen MR) is 78.6 cm³/mol. The molecule has 3 rings (SSSR count). The minimum absolute atomic E-state index is 0.0860. The van der Waals surface area contributed by atoms with Gasteiger partial charge in [0, 0.05) is 24.6 Å². The van der Waals surface area contributed by atoms with Gasteiger partial charge in [0.1, 0.15) is 5.52 Å². The molecule has 0 unspecified atom stereocenters. The summed E-state index contributed by atoms with van der Waals surface area (Å²) >= 11 is 5.81. The molecule has 1 aliphatic rings. The van der Waals surface area contributed by atoms with Crippen molar-refractivity contribution in [2.45, 2.75) is 18.9 Å². The lowest BCUT2D eigenvalue weighted by Gasteiger charge is -2.39. The van der Waals surface area contributed by atoms with E-state index in [-0.39, 0.29) is 17.0 Å². The van der Waals surface area contributed by atoms with Gasteiger partial charge in [-0.2, -0.15) is 15.6 Å². The van der Waals surface area contributed by atoms with E-state index < -0.39 is 10.6 Å². The Hall–Kier alpha value is -1.09. The monoisotopic (exact) mass is 318 g/mol. The van der Waals surface area contributed by atoms with Crippen LogP contribution >= 0.6 is 22.2 Å². The molecular formula is C11H15ClN4O3S. The second kappa shape index (κ2) is 4.73. The lowest BCUT2D eigenvalue weighted by Crippen LogP contribution is -2.31. The highest BCUT2D eigenvalue weighted by Crippen LogP contribution is 2.47. The van der Waals surface area contributed by atoms with Gasteiger partial charge in [-0.25, -0.2) is 9.78 Å². The van der Waals surface area contributed by atoms with Crippen LogP contribution in [-0.4, -0.2) is 39.7 Å². The van der Waals surface area contributed by atoms with Crippen molar-refractivity contribution in [3.63, 3.8) is 0 Å². The molecule has 0 spiro atoms. The number of imidazole rings is 1. The molecule has 0 aliphatic carbocycles. The molecule has 0 bridgehead atoms. The quantitative estimate of drug-likeness (QED) is 0.783. The Kier molecular flexibility index (Phi) is 3.28. The zero-order valence-corrected chi connectivity index (χ0v) is 12.4. The molecule has 2 aromatic heterocycles. The lowest BCUT2D eigenvalue weighted by atomic mass is 10.1. The van der Waals surface area contributed by atoms with E-state index in [0.717, 1.165) is 0 Å². The molecule has 1 fully saturated rings. The molecule has 1 aliphatic heterocycles. The number of halogens is 1. The fraction of sp³-hybridized carbons (Fsp3) is 0.545. The second-order valence-corrected chi connectivity index (χ2v) is 7.76. The van der Waals surface area contributed by atoms with E-state index in [1.54, 1.807) is 11.6 Å². The topological polar surface area (TPSA) is 93.2 Å². The van der Waals surface area contributed by atoms with Gasteiger partial charge in [0.15, 0.2) is 5.65 Å². The third-order valence-corrected chi connectivity index (χ3v) is 5.69. The largest absolute Gasteiger partial charge is 0.330 e. The van der Waals surface area contributed by atoms with Gasteiger partial charge in [-0.05, 0) is 24.4 Å². The molecular weight excluding hydrogens is 304 g/mol. The Bertz CT molecular complexity index is 716. The van der Waals surface area contributed by atoms with E-state index in [4.69, 9.17) is 11.6 Å². The zero-order chi connectivity index (χ0) is 14.5. The SMILES string of the molecule is Cn1c(=O)n(C2CCS(O)(O)CC2)c2nc(Cl)ncc21. The predicted octanol–water partition coefficient (Wildman–Crippen LogP) is 1.87. The fourth-order valence-electron chi connectivity index (χ4n) is 2.60. The number of hydrogen-bond acceptors (Lipinski definition) is 5. The first-order chi connectivity index (χ1) is 9.39. The van der Waals surface area contributed by atoms with E-state index in [1.165, 1.54) is 10.8 Å². The Morgan fingerprint density at radius 3 is 2.70 bits per heavy atom. The Morgan fingerprint density at radius 2 is 2.05 bits per heavy atom. The average Bonchev–Trinajstić information content (AvgIpc) is 2.63. The summed E-state index contributed by atoms with van der Waals surface area (Å²) in [4.78, 5) is 20.4. The summed E-state index contributed by atoms with van der Waals surface area (Å²) < 4.78 is 22.4. The number of nitrogens with zero attached hydrogens (tertiary/aromatic N) is 4. The third-order valence-electron chi connectivity index (χ3n) is 3.72. The lowest BCUT2D eigenvalue weighted by molar-refractivity contribution is 0.407. The summed E-state index contributed by atoms with van der Waals surface area (Å²) in [5, 5.41) is 0.0944. The number of aromatic nitrogens is 4. The third kappa shape index (κ3) is 2.22. The van der Waals surface area contributed by atoms with E-state index in [0.29, 0.717) is 35.5 Å². The number of aryl methyl sites for hydroxylation is 1. The molecule has 3 heterocycles. The average molecular weight is 319 g/mol.